The minimum absolute atomic E-state index is 0.886. The summed E-state index contributed by atoms with van der Waals surface area (Å²) in [5.41, 5.74) is 0. The van der Waals surface area contributed by atoms with Crippen molar-refractivity contribution in [2.24, 2.45) is 0 Å². The lowest BCUT2D eigenvalue weighted by molar-refractivity contribution is -0.131. The van der Waals surface area contributed by atoms with Gasteiger partial charge < -0.3 is 5.11 Å². The fourth-order valence-corrected chi connectivity index (χ4v) is 1.89. The standard InChI is InChI=1S/C16H28O2/c1-2-3-4-5-6-7-8-9-10-11-12-13-14-15-16(17)18/h12-15H,2-11H2,1H3,(H,17,18)/b13-12-,15-14+. The number of aliphatic carboxylic acids is 1. The Bertz CT molecular complexity index is 241. The van der Waals surface area contributed by atoms with Gasteiger partial charge in [0.25, 0.3) is 0 Å². The molecule has 0 aromatic heterocycles. The largest absolute Gasteiger partial charge is 0.478 e. The van der Waals surface area contributed by atoms with Crippen molar-refractivity contribution in [1.82, 2.24) is 0 Å². The van der Waals surface area contributed by atoms with E-state index >= 15 is 0 Å². The highest BCUT2D eigenvalue weighted by molar-refractivity contribution is 5.80. The van der Waals surface area contributed by atoms with Crippen LogP contribution in [0.3, 0.4) is 0 Å². The Balaban J connectivity index is 3.14. The van der Waals surface area contributed by atoms with Crippen LogP contribution in [-0.2, 0) is 4.79 Å². The Morgan fingerprint density at radius 2 is 1.44 bits per heavy atom. The van der Waals surface area contributed by atoms with E-state index in [1.165, 1.54) is 57.8 Å². The molecule has 1 N–H and O–H groups in total. The lowest BCUT2D eigenvalue weighted by Crippen LogP contribution is -1.84. The molecule has 0 aromatic carbocycles. The summed E-state index contributed by atoms with van der Waals surface area (Å²) >= 11 is 0. The van der Waals surface area contributed by atoms with Crippen molar-refractivity contribution in [1.29, 1.82) is 0 Å². The number of carboxylic acids is 1. The van der Waals surface area contributed by atoms with Crippen LogP contribution in [0.15, 0.2) is 24.3 Å². The Kier molecular flexibility index (Phi) is 13.2. The van der Waals surface area contributed by atoms with Gasteiger partial charge >= 0.3 is 5.97 Å². The molecule has 0 aliphatic carbocycles. The molecule has 0 spiro atoms. The van der Waals surface area contributed by atoms with E-state index < -0.39 is 5.97 Å². The average Bonchev–Trinajstić information content (AvgIpc) is 2.34. The number of allylic oxidation sites excluding steroid dienone is 3. The van der Waals surface area contributed by atoms with Gasteiger partial charge in [0.1, 0.15) is 0 Å². The molecule has 0 saturated heterocycles. The smallest absolute Gasteiger partial charge is 0.328 e. The van der Waals surface area contributed by atoms with Gasteiger partial charge in [0.05, 0.1) is 0 Å². The summed E-state index contributed by atoms with van der Waals surface area (Å²) in [4.78, 5) is 10.2. The summed E-state index contributed by atoms with van der Waals surface area (Å²) in [7, 11) is 0. The van der Waals surface area contributed by atoms with Crippen molar-refractivity contribution < 1.29 is 9.90 Å². The van der Waals surface area contributed by atoms with Gasteiger partial charge in [-0.3, -0.25) is 0 Å². The van der Waals surface area contributed by atoms with Crippen LogP contribution in [0.2, 0.25) is 0 Å². The topological polar surface area (TPSA) is 37.3 Å². The molecule has 0 radical (unpaired) electrons. The van der Waals surface area contributed by atoms with Gasteiger partial charge in [-0.05, 0) is 12.8 Å². The first-order valence-corrected chi connectivity index (χ1v) is 7.33. The number of hydrogen-bond acceptors (Lipinski definition) is 1. The molecule has 0 atom stereocenters. The Morgan fingerprint density at radius 3 is 2.00 bits per heavy atom. The van der Waals surface area contributed by atoms with Crippen LogP contribution < -0.4 is 0 Å². The second kappa shape index (κ2) is 14.0. The second-order valence-electron chi connectivity index (χ2n) is 4.74. The summed E-state index contributed by atoms with van der Waals surface area (Å²) in [6.45, 7) is 2.25. The maximum atomic E-state index is 10.2. The Hall–Kier alpha value is -1.05. The third-order valence-electron chi connectivity index (χ3n) is 2.96. The van der Waals surface area contributed by atoms with Crippen LogP contribution in [-0.4, -0.2) is 11.1 Å². The first kappa shape index (κ1) is 16.9. The molecule has 0 heterocycles. The predicted octanol–water partition coefficient (Wildman–Crippen LogP) is 5.10. The van der Waals surface area contributed by atoms with Crippen LogP contribution in [0.25, 0.3) is 0 Å². The van der Waals surface area contributed by atoms with E-state index in [1.54, 1.807) is 6.08 Å². The fourth-order valence-electron chi connectivity index (χ4n) is 1.89. The third-order valence-corrected chi connectivity index (χ3v) is 2.96. The second-order valence-corrected chi connectivity index (χ2v) is 4.74. The molecule has 0 fully saturated rings. The van der Waals surface area contributed by atoms with Crippen LogP contribution in [0, 0.1) is 0 Å². The molecular formula is C16H28O2. The number of carbonyl (C=O) groups is 1. The summed E-state index contributed by atoms with van der Waals surface area (Å²) < 4.78 is 0. The number of hydrogen-bond donors (Lipinski definition) is 1. The molecular weight excluding hydrogens is 224 g/mol. The Labute approximate surface area is 112 Å². The number of carboxylic acid groups (broad SMARTS) is 1. The minimum atomic E-state index is -0.886. The van der Waals surface area contributed by atoms with Crippen molar-refractivity contribution in [3.8, 4) is 0 Å². The number of rotatable bonds is 12. The molecule has 2 heteroatoms. The first-order valence-electron chi connectivity index (χ1n) is 7.33. The maximum absolute atomic E-state index is 10.2. The van der Waals surface area contributed by atoms with E-state index in [-0.39, 0.29) is 0 Å². The van der Waals surface area contributed by atoms with Crippen molar-refractivity contribution in [2.75, 3.05) is 0 Å². The van der Waals surface area contributed by atoms with E-state index in [2.05, 4.69) is 6.92 Å². The van der Waals surface area contributed by atoms with Gasteiger partial charge in [-0.15, -0.1) is 0 Å². The highest BCUT2D eigenvalue weighted by atomic mass is 16.4. The molecule has 0 aromatic rings. The zero-order valence-electron chi connectivity index (χ0n) is 11.7. The van der Waals surface area contributed by atoms with E-state index in [0.29, 0.717) is 0 Å². The highest BCUT2D eigenvalue weighted by Gasteiger charge is 1.90. The molecule has 18 heavy (non-hydrogen) atoms. The maximum Gasteiger partial charge on any atom is 0.328 e. The quantitative estimate of drug-likeness (QED) is 0.298. The van der Waals surface area contributed by atoms with Crippen molar-refractivity contribution in [3.05, 3.63) is 24.3 Å². The lowest BCUT2D eigenvalue weighted by atomic mass is 10.1. The van der Waals surface area contributed by atoms with Crippen LogP contribution >= 0.6 is 0 Å². The normalized spacial score (nSPS) is 11.6. The van der Waals surface area contributed by atoms with Gasteiger partial charge in [-0.1, -0.05) is 76.5 Å². The van der Waals surface area contributed by atoms with Crippen molar-refractivity contribution >= 4 is 5.97 Å². The molecule has 0 aliphatic rings. The molecule has 0 unspecified atom stereocenters. The molecule has 0 aliphatic heterocycles. The molecule has 0 rings (SSSR count). The summed E-state index contributed by atoms with van der Waals surface area (Å²) in [6, 6.07) is 0. The highest BCUT2D eigenvalue weighted by Crippen LogP contribution is 2.10. The molecule has 0 saturated carbocycles. The van der Waals surface area contributed by atoms with Gasteiger partial charge in [0.2, 0.25) is 0 Å². The zero-order valence-corrected chi connectivity index (χ0v) is 11.7. The Morgan fingerprint density at radius 1 is 0.889 bits per heavy atom. The molecule has 0 amide bonds. The monoisotopic (exact) mass is 252 g/mol. The third kappa shape index (κ3) is 14.9. The van der Waals surface area contributed by atoms with Crippen molar-refractivity contribution in [3.63, 3.8) is 0 Å². The van der Waals surface area contributed by atoms with E-state index in [0.717, 1.165) is 12.5 Å². The van der Waals surface area contributed by atoms with Gasteiger partial charge in [-0.2, -0.15) is 0 Å². The number of unbranched alkanes of at least 4 members (excludes halogenated alkanes) is 9. The molecule has 104 valence electrons. The zero-order chi connectivity index (χ0) is 13.5. The molecule has 2 nitrogen and oxygen atoms in total. The van der Waals surface area contributed by atoms with Crippen molar-refractivity contribution in [2.45, 2.75) is 71.1 Å². The van der Waals surface area contributed by atoms with Gasteiger partial charge in [-0.25, -0.2) is 4.79 Å². The predicted molar refractivity (Wildman–Crippen MR) is 77.8 cm³/mol. The lowest BCUT2D eigenvalue weighted by Gasteiger charge is -2.00. The first-order chi connectivity index (χ1) is 8.77. The van der Waals surface area contributed by atoms with Gasteiger partial charge in [0.15, 0.2) is 0 Å². The summed E-state index contributed by atoms with van der Waals surface area (Å²) in [5, 5.41) is 8.37. The van der Waals surface area contributed by atoms with Crippen LogP contribution in [0.4, 0.5) is 0 Å². The summed E-state index contributed by atoms with van der Waals surface area (Å²) in [6.07, 6.45) is 19.8. The summed E-state index contributed by atoms with van der Waals surface area (Å²) in [5.74, 6) is -0.886. The van der Waals surface area contributed by atoms with Crippen LogP contribution in [0.1, 0.15) is 71.1 Å². The van der Waals surface area contributed by atoms with Gasteiger partial charge in [0, 0.05) is 6.08 Å². The van der Waals surface area contributed by atoms with E-state index in [9.17, 15) is 4.79 Å². The SMILES string of the molecule is CCCCCCCCCCC/C=C\C=C\C(=O)O. The van der Waals surface area contributed by atoms with E-state index in [1.807, 2.05) is 12.2 Å². The fraction of sp³-hybridized carbons (Fsp3) is 0.688. The van der Waals surface area contributed by atoms with Crippen LogP contribution in [0.5, 0.6) is 0 Å². The minimum Gasteiger partial charge on any atom is -0.478 e. The molecule has 0 bridgehead atoms. The average molecular weight is 252 g/mol. The van der Waals surface area contributed by atoms with E-state index in [4.69, 9.17) is 5.11 Å².